The summed E-state index contributed by atoms with van der Waals surface area (Å²) in [6.07, 6.45) is 0.969. The van der Waals surface area contributed by atoms with Crippen molar-refractivity contribution in [2.75, 3.05) is 31.6 Å². The molecule has 0 saturated carbocycles. The average Bonchev–Trinajstić information content (AvgIpc) is 2.79. The highest BCUT2D eigenvalue weighted by Crippen LogP contribution is 2.35. The van der Waals surface area contributed by atoms with E-state index in [0.29, 0.717) is 18.0 Å². The number of hydrogen-bond acceptors (Lipinski definition) is 5. The van der Waals surface area contributed by atoms with Gasteiger partial charge in [-0.05, 0) is 49.2 Å². The number of esters is 1. The predicted octanol–water partition coefficient (Wildman–Crippen LogP) is 3.52. The number of carbonyl (C=O) groups is 2. The number of carbonyl (C=O) groups excluding carboxylic acids is 2. The molecule has 1 saturated heterocycles. The van der Waals surface area contributed by atoms with Crippen molar-refractivity contribution < 1.29 is 19.1 Å². The molecular weight excluding hydrogens is 404 g/mol. The molecule has 0 spiro atoms. The molecule has 0 N–H and O–H groups in total. The number of piperidine rings is 1. The fraction of sp³-hybridized carbons (Fsp3) is 0.391. The molecular formula is C23H25ClN2O4. The number of methoxy groups -OCH3 is 1. The van der Waals surface area contributed by atoms with Crippen molar-refractivity contribution in [3.63, 3.8) is 0 Å². The fourth-order valence-corrected chi connectivity index (χ4v) is 4.29. The van der Waals surface area contributed by atoms with Gasteiger partial charge < -0.3 is 14.4 Å². The van der Waals surface area contributed by atoms with Gasteiger partial charge in [0.25, 0.3) is 0 Å². The number of ether oxygens (including phenoxy) is 2. The highest BCUT2D eigenvalue weighted by molar-refractivity contribution is 6.30. The predicted molar refractivity (Wildman–Crippen MR) is 115 cm³/mol. The van der Waals surface area contributed by atoms with Gasteiger partial charge in [0.1, 0.15) is 5.75 Å². The second-order valence-electron chi connectivity index (χ2n) is 7.75. The second-order valence-corrected chi connectivity index (χ2v) is 8.18. The Bertz CT molecular complexity index is 918. The van der Waals surface area contributed by atoms with Crippen LogP contribution in [0.2, 0.25) is 5.02 Å². The number of nitrogens with zero attached hydrogens (tertiary/aromatic N) is 2. The van der Waals surface area contributed by atoms with E-state index in [2.05, 4.69) is 4.90 Å². The molecule has 158 valence electrons. The Morgan fingerprint density at radius 1 is 1.13 bits per heavy atom. The lowest BCUT2D eigenvalue weighted by atomic mass is 9.95. The maximum Gasteiger partial charge on any atom is 0.348 e. The second kappa shape index (κ2) is 9.06. The first-order valence-electron chi connectivity index (χ1n) is 10.2. The third-order valence-corrected chi connectivity index (χ3v) is 5.93. The van der Waals surface area contributed by atoms with Gasteiger partial charge in [-0.25, -0.2) is 4.79 Å². The summed E-state index contributed by atoms with van der Waals surface area (Å²) < 4.78 is 10.6. The topological polar surface area (TPSA) is 59.1 Å². The zero-order chi connectivity index (χ0) is 21.1. The average molecular weight is 429 g/mol. The minimum absolute atomic E-state index is 0.0282. The molecule has 2 heterocycles. The number of rotatable bonds is 4. The lowest BCUT2D eigenvalue weighted by Gasteiger charge is -2.38. The fourth-order valence-electron chi connectivity index (χ4n) is 4.17. The van der Waals surface area contributed by atoms with E-state index in [1.165, 1.54) is 12.7 Å². The molecule has 0 unspecified atom stereocenters. The highest BCUT2D eigenvalue weighted by atomic mass is 35.5. The smallest absolute Gasteiger partial charge is 0.348 e. The van der Waals surface area contributed by atoms with Crippen LogP contribution in [-0.2, 0) is 20.9 Å². The summed E-state index contributed by atoms with van der Waals surface area (Å²) in [4.78, 5) is 29.6. The summed E-state index contributed by atoms with van der Waals surface area (Å²) in [6.45, 7) is 2.59. The highest BCUT2D eigenvalue weighted by Gasteiger charge is 2.38. The number of anilines is 1. The SMILES string of the molecule is COC(=O)[C@@H]1CN(C(=O)[C@H]2CCCN(Cc3ccc(Cl)cc3)C2)c2ccccc2O1. The summed E-state index contributed by atoms with van der Waals surface area (Å²) in [6, 6.07) is 15.2. The van der Waals surface area contributed by atoms with E-state index >= 15 is 0 Å². The van der Waals surface area contributed by atoms with E-state index in [9.17, 15) is 9.59 Å². The molecule has 4 rings (SSSR count). The van der Waals surface area contributed by atoms with Gasteiger partial charge in [0.2, 0.25) is 12.0 Å². The third kappa shape index (κ3) is 4.45. The van der Waals surface area contributed by atoms with Crippen LogP contribution in [0, 0.1) is 5.92 Å². The Morgan fingerprint density at radius 3 is 2.67 bits per heavy atom. The number of fused-ring (bicyclic) bond motifs is 1. The molecule has 2 aliphatic rings. The van der Waals surface area contributed by atoms with Gasteiger partial charge in [0.15, 0.2) is 0 Å². The Hall–Kier alpha value is -2.57. The van der Waals surface area contributed by atoms with Crippen LogP contribution in [0.15, 0.2) is 48.5 Å². The molecule has 6 nitrogen and oxygen atoms in total. The van der Waals surface area contributed by atoms with Gasteiger partial charge in [0.05, 0.1) is 25.3 Å². The van der Waals surface area contributed by atoms with Crippen LogP contribution >= 0.6 is 11.6 Å². The van der Waals surface area contributed by atoms with Crippen molar-refractivity contribution in [1.29, 1.82) is 0 Å². The molecule has 2 aliphatic heterocycles. The normalized spacial score (nSPS) is 21.5. The Labute approximate surface area is 181 Å². The molecule has 0 radical (unpaired) electrons. The number of benzene rings is 2. The first kappa shape index (κ1) is 20.7. The molecule has 30 heavy (non-hydrogen) atoms. The van der Waals surface area contributed by atoms with Crippen molar-refractivity contribution in [2.24, 2.45) is 5.92 Å². The van der Waals surface area contributed by atoms with E-state index in [4.69, 9.17) is 21.1 Å². The molecule has 2 aromatic rings. The maximum absolute atomic E-state index is 13.5. The summed E-state index contributed by atoms with van der Waals surface area (Å²) in [5, 5.41) is 0.719. The molecule has 2 aromatic carbocycles. The van der Waals surface area contributed by atoms with Crippen LogP contribution in [0.3, 0.4) is 0 Å². The van der Waals surface area contributed by atoms with Crippen LogP contribution < -0.4 is 9.64 Å². The minimum atomic E-state index is -0.817. The van der Waals surface area contributed by atoms with E-state index in [0.717, 1.165) is 31.0 Å². The van der Waals surface area contributed by atoms with Gasteiger partial charge in [0, 0.05) is 18.1 Å². The molecule has 0 bridgehead atoms. The summed E-state index contributed by atoms with van der Waals surface area (Å²) in [5.41, 5.74) is 1.88. The van der Waals surface area contributed by atoms with Gasteiger partial charge >= 0.3 is 5.97 Å². The van der Waals surface area contributed by atoms with Gasteiger partial charge in [-0.2, -0.15) is 0 Å². The molecule has 7 heteroatoms. The van der Waals surface area contributed by atoms with Crippen molar-refractivity contribution in [1.82, 2.24) is 4.90 Å². The van der Waals surface area contributed by atoms with Crippen molar-refractivity contribution in [2.45, 2.75) is 25.5 Å². The first-order valence-corrected chi connectivity index (χ1v) is 10.5. The van der Waals surface area contributed by atoms with Crippen LogP contribution in [0.4, 0.5) is 5.69 Å². The summed E-state index contributed by atoms with van der Waals surface area (Å²) in [5.74, 6) is -0.0485. The first-order chi connectivity index (χ1) is 14.5. The zero-order valence-corrected chi connectivity index (χ0v) is 17.7. The van der Waals surface area contributed by atoms with Gasteiger partial charge in [-0.1, -0.05) is 35.9 Å². The Morgan fingerprint density at radius 2 is 1.90 bits per heavy atom. The molecule has 1 fully saturated rings. The maximum atomic E-state index is 13.5. The van der Waals surface area contributed by atoms with Crippen molar-refractivity contribution in [3.8, 4) is 5.75 Å². The quantitative estimate of drug-likeness (QED) is 0.697. The van der Waals surface area contributed by atoms with Gasteiger partial charge in [-0.15, -0.1) is 0 Å². The monoisotopic (exact) mass is 428 g/mol. The number of hydrogen-bond donors (Lipinski definition) is 0. The van der Waals surface area contributed by atoms with Crippen LogP contribution in [0.5, 0.6) is 5.75 Å². The lowest BCUT2D eigenvalue weighted by Crippen LogP contribution is -2.51. The van der Waals surface area contributed by atoms with E-state index in [1.807, 2.05) is 42.5 Å². The van der Waals surface area contributed by atoms with Crippen LogP contribution in [0.1, 0.15) is 18.4 Å². The minimum Gasteiger partial charge on any atom is -0.475 e. The third-order valence-electron chi connectivity index (χ3n) is 5.68. The largest absolute Gasteiger partial charge is 0.475 e. The molecule has 0 aromatic heterocycles. The van der Waals surface area contributed by atoms with E-state index in [-0.39, 0.29) is 18.4 Å². The van der Waals surface area contributed by atoms with Crippen LogP contribution in [0.25, 0.3) is 0 Å². The zero-order valence-electron chi connectivity index (χ0n) is 16.9. The van der Waals surface area contributed by atoms with Crippen LogP contribution in [-0.4, -0.2) is 49.6 Å². The molecule has 1 amide bonds. The number of amides is 1. The van der Waals surface area contributed by atoms with E-state index < -0.39 is 12.1 Å². The number of likely N-dealkylation sites (tertiary alicyclic amines) is 1. The Kier molecular flexibility index (Phi) is 6.25. The molecule has 0 aliphatic carbocycles. The Balaban J connectivity index is 1.49. The summed E-state index contributed by atoms with van der Waals surface area (Å²) >= 11 is 5.98. The molecule has 2 atom stereocenters. The van der Waals surface area contributed by atoms with Crippen molar-refractivity contribution in [3.05, 3.63) is 59.1 Å². The lowest BCUT2D eigenvalue weighted by molar-refractivity contribution is -0.148. The van der Waals surface area contributed by atoms with Gasteiger partial charge in [-0.3, -0.25) is 9.69 Å². The summed E-state index contributed by atoms with van der Waals surface area (Å²) in [7, 11) is 1.33. The standard InChI is InChI=1S/C23H25ClN2O4/c1-29-23(28)21-15-26(19-6-2-3-7-20(19)30-21)22(27)17-5-4-12-25(14-17)13-16-8-10-18(24)11-9-16/h2-3,6-11,17,21H,4-5,12-15H2,1H3/t17-,21-/m0/s1. The number of para-hydroxylation sites is 2. The van der Waals surface area contributed by atoms with Crippen molar-refractivity contribution >= 4 is 29.2 Å². The van der Waals surface area contributed by atoms with E-state index in [1.54, 1.807) is 11.0 Å². The number of halogens is 1.